The SMILES string of the molecule is OC(Cc1ccc(Br)cn1)c1cc2ccccc2s1. The zero-order valence-corrected chi connectivity index (χ0v) is 12.5. The summed E-state index contributed by atoms with van der Waals surface area (Å²) in [6.45, 7) is 0. The van der Waals surface area contributed by atoms with Crippen LogP contribution in [0.1, 0.15) is 16.7 Å². The van der Waals surface area contributed by atoms with Gasteiger partial charge in [-0.05, 0) is 45.6 Å². The average Bonchev–Trinajstić information content (AvgIpc) is 2.85. The van der Waals surface area contributed by atoms with E-state index < -0.39 is 6.10 Å². The van der Waals surface area contributed by atoms with Crippen molar-refractivity contribution in [3.63, 3.8) is 0 Å². The maximum absolute atomic E-state index is 10.3. The molecule has 3 rings (SSSR count). The van der Waals surface area contributed by atoms with Gasteiger partial charge in [-0.3, -0.25) is 4.98 Å². The molecule has 0 saturated carbocycles. The summed E-state index contributed by atoms with van der Waals surface area (Å²) in [7, 11) is 0. The van der Waals surface area contributed by atoms with Crippen molar-refractivity contribution in [2.75, 3.05) is 0 Å². The summed E-state index contributed by atoms with van der Waals surface area (Å²) in [5.41, 5.74) is 0.896. The molecule has 1 unspecified atom stereocenters. The Hall–Kier alpha value is -1.23. The Bertz CT molecular complexity index is 660. The van der Waals surface area contributed by atoms with E-state index in [1.807, 2.05) is 24.3 Å². The van der Waals surface area contributed by atoms with E-state index in [2.05, 4.69) is 39.1 Å². The van der Waals surface area contributed by atoms with Gasteiger partial charge in [-0.2, -0.15) is 0 Å². The average molecular weight is 334 g/mol. The minimum absolute atomic E-state index is 0.494. The highest BCUT2D eigenvalue weighted by atomic mass is 79.9. The molecule has 0 amide bonds. The third-order valence-corrected chi connectivity index (χ3v) is 4.65. The number of nitrogens with zero attached hydrogens (tertiary/aromatic N) is 1. The second kappa shape index (κ2) is 5.41. The zero-order chi connectivity index (χ0) is 13.2. The summed E-state index contributed by atoms with van der Waals surface area (Å²) < 4.78 is 2.16. The molecule has 0 fully saturated rings. The Kier molecular flexibility index (Phi) is 3.64. The van der Waals surface area contributed by atoms with Gasteiger partial charge in [0.05, 0.1) is 6.10 Å². The van der Waals surface area contributed by atoms with Gasteiger partial charge in [0, 0.05) is 32.4 Å². The maximum Gasteiger partial charge on any atom is 0.0937 e. The van der Waals surface area contributed by atoms with Crippen LogP contribution in [0.2, 0.25) is 0 Å². The number of hydrogen-bond donors (Lipinski definition) is 1. The maximum atomic E-state index is 10.3. The van der Waals surface area contributed by atoms with Crippen LogP contribution in [0.15, 0.2) is 53.1 Å². The molecule has 19 heavy (non-hydrogen) atoms. The molecular weight excluding hydrogens is 322 g/mol. The van der Waals surface area contributed by atoms with Crippen LogP contribution >= 0.6 is 27.3 Å². The van der Waals surface area contributed by atoms with Crippen LogP contribution in [-0.2, 0) is 6.42 Å². The number of hydrogen-bond acceptors (Lipinski definition) is 3. The summed E-state index contributed by atoms with van der Waals surface area (Å²) in [6, 6.07) is 14.1. The van der Waals surface area contributed by atoms with Gasteiger partial charge < -0.3 is 5.11 Å². The molecule has 2 nitrogen and oxygen atoms in total. The molecule has 0 bridgehead atoms. The molecule has 0 aliphatic carbocycles. The Balaban J connectivity index is 1.83. The molecule has 96 valence electrons. The smallest absolute Gasteiger partial charge is 0.0937 e. The number of benzene rings is 1. The van der Waals surface area contributed by atoms with E-state index >= 15 is 0 Å². The third-order valence-electron chi connectivity index (χ3n) is 2.96. The van der Waals surface area contributed by atoms with Gasteiger partial charge in [-0.25, -0.2) is 0 Å². The van der Waals surface area contributed by atoms with E-state index in [0.717, 1.165) is 15.0 Å². The molecule has 1 N–H and O–H groups in total. The zero-order valence-electron chi connectivity index (χ0n) is 10.1. The van der Waals surface area contributed by atoms with Crippen molar-refractivity contribution in [1.29, 1.82) is 0 Å². The first-order valence-corrected chi connectivity index (χ1v) is 7.60. The lowest BCUT2D eigenvalue weighted by molar-refractivity contribution is 0.181. The molecule has 2 aromatic heterocycles. The largest absolute Gasteiger partial charge is 0.387 e. The number of halogens is 1. The van der Waals surface area contributed by atoms with Gasteiger partial charge >= 0.3 is 0 Å². The summed E-state index contributed by atoms with van der Waals surface area (Å²) in [6.07, 6.45) is 1.80. The van der Waals surface area contributed by atoms with Crippen LogP contribution in [0.5, 0.6) is 0 Å². The standard InChI is InChI=1S/C15H12BrNOS/c16-11-5-6-12(17-9-11)8-13(18)15-7-10-3-1-2-4-14(10)19-15/h1-7,9,13,18H,8H2. The second-order valence-corrected chi connectivity index (χ2v) is 6.41. The van der Waals surface area contributed by atoms with E-state index in [1.165, 1.54) is 10.1 Å². The minimum Gasteiger partial charge on any atom is -0.387 e. The van der Waals surface area contributed by atoms with E-state index in [9.17, 15) is 5.11 Å². The van der Waals surface area contributed by atoms with Gasteiger partial charge in [0.25, 0.3) is 0 Å². The van der Waals surface area contributed by atoms with Crippen molar-refractivity contribution >= 4 is 37.4 Å². The number of aromatic nitrogens is 1. The molecule has 0 aliphatic heterocycles. The van der Waals surface area contributed by atoms with Crippen LogP contribution in [0.4, 0.5) is 0 Å². The topological polar surface area (TPSA) is 33.1 Å². The Morgan fingerprint density at radius 1 is 1.21 bits per heavy atom. The first kappa shape index (κ1) is 12.8. The fraction of sp³-hybridized carbons (Fsp3) is 0.133. The van der Waals surface area contributed by atoms with Crippen molar-refractivity contribution in [3.8, 4) is 0 Å². The van der Waals surface area contributed by atoms with Crippen LogP contribution in [-0.4, -0.2) is 10.1 Å². The highest BCUT2D eigenvalue weighted by Gasteiger charge is 2.12. The second-order valence-electron chi connectivity index (χ2n) is 4.37. The number of thiophene rings is 1. The molecular formula is C15H12BrNOS. The fourth-order valence-corrected chi connectivity index (χ4v) is 3.28. The van der Waals surface area contributed by atoms with Crippen molar-refractivity contribution in [2.45, 2.75) is 12.5 Å². The highest BCUT2D eigenvalue weighted by molar-refractivity contribution is 9.10. The monoisotopic (exact) mass is 333 g/mol. The van der Waals surface area contributed by atoms with Crippen molar-refractivity contribution < 1.29 is 5.11 Å². The molecule has 0 radical (unpaired) electrons. The molecule has 4 heteroatoms. The van der Waals surface area contributed by atoms with Gasteiger partial charge in [-0.1, -0.05) is 18.2 Å². The molecule has 2 heterocycles. The number of rotatable bonds is 3. The molecule has 0 spiro atoms. The number of aliphatic hydroxyl groups excluding tert-OH is 1. The predicted molar refractivity (Wildman–Crippen MR) is 82.4 cm³/mol. The molecule has 0 saturated heterocycles. The van der Waals surface area contributed by atoms with Crippen molar-refractivity contribution in [1.82, 2.24) is 4.98 Å². The van der Waals surface area contributed by atoms with Crippen LogP contribution in [0.25, 0.3) is 10.1 Å². The van der Waals surface area contributed by atoms with Gasteiger partial charge in [0.15, 0.2) is 0 Å². The molecule has 1 atom stereocenters. The van der Waals surface area contributed by atoms with E-state index in [4.69, 9.17) is 0 Å². The van der Waals surface area contributed by atoms with Crippen LogP contribution < -0.4 is 0 Å². The van der Waals surface area contributed by atoms with E-state index in [0.29, 0.717) is 6.42 Å². The summed E-state index contributed by atoms with van der Waals surface area (Å²) in [5.74, 6) is 0. The molecule has 0 aliphatic rings. The summed E-state index contributed by atoms with van der Waals surface area (Å²) >= 11 is 5.00. The quantitative estimate of drug-likeness (QED) is 0.773. The minimum atomic E-state index is -0.494. The predicted octanol–water partition coefficient (Wildman–Crippen LogP) is 4.33. The summed E-state index contributed by atoms with van der Waals surface area (Å²) in [4.78, 5) is 5.29. The Morgan fingerprint density at radius 2 is 2.05 bits per heavy atom. The Morgan fingerprint density at radius 3 is 2.79 bits per heavy atom. The van der Waals surface area contributed by atoms with Gasteiger partial charge in [0.1, 0.15) is 0 Å². The highest BCUT2D eigenvalue weighted by Crippen LogP contribution is 2.31. The third kappa shape index (κ3) is 2.86. The lowest BCUT2D eigenvalue weighted by Crippen LogP contribution is -2.01. The van der Waals surface area contributed by atoms with E-state index in [-0.39, 0.29) is 0 Å². The van der Waals surface area contributed by atoms with Crippen LogP contribution in [0, 0.1) is 0 Å². The van der Waals surface area contributed by atoms with Crippen LogP contribution in [0.3, 0.4) is 0 Å². The first-order valence-electron chi connectivity index (χ1n) is 5.99. The molecule has 3 aromatic rings. The lowest BCUT2D eigenvalue weighted by Gasteiger charge is -2.07. The Labute approximate surface area is 123 Å². The van der Waals surface area contributed by atoms with Gasteiger partial charge in [-0.15, -0.1) is 11.3 Å². The van der Waals surface area contributed by atoms with Crippen molar-refractivity contribution in [2.24, 2.45) is 0 Å². The van der Waals surface area contributed by atoms with Crippen molar-refractivity contribution in [3.05, 3.63) is 63.7 Å². The number of fused-ring (bicyclic) bond motifs is 1. The molecule has 1 aromatic carbocycles. The first-order chi connectivity index (χ1) is 9.22. The van der Waals surface area contributed by atoms with Gasteiger partial charge in [0.2, 0.25) is 0 Å². The normalized spacial score (nSPS) is 12.7. The number of aliphatic hydroxyl groups is 1. The lowest BCUT2D eigenvalue weighted by atomic mass is 10.1. The van der Waals surface area contributed by atoms with E-state index in [1.54, 1.807) is 17.5 Å². The summed E-state index contributed by atoms with van der Waals surface area (Å²) in [5, 5.41) is 11.5. The fourth-order valence-electron chi connectivity index (χ4n) is 1.99. The number of pyridine rings is 1.